The molecule has 1 N–H and O–H groups in total. The Hall–Kier alpha value is -2.89. The molecule has 2 aromatic rings. The minimum Gasteiger partial charge on any atom is -0.468 e. The zero-order valence-electron chi connectivity index (χ0n) is 13.7. The van der Waals surface area contributed by atoms with Crippen molar-refractivity contribution in [2.75, 3.05) is 27.2 Å². The van der Waals surface area contributed by atoms with E-state index >= 15 is 0 Å². The summed E-state index contributed by atoms with van der Waals surface area (Å²) in [5, 5.41) is 4.67. The number of ether oxygens (including phenoxy) is 1. The van der Waals surface area contributed by atoms with Crippen LogP contribution in [0.2, 0.25) is 0 Å². The summed E-state index contributed by atoms with van der Waals surface area (Å²) >= 11 is 0. The van der Waals surface area contributed by atoms with E-state index in [0.717, 1.165) is 16.3 Å². The van der Waals surface area contributed by atoms with E-state index in [1.807, 2.05) is 42.5 Å². The molecule has 126 valence electrons. The molecule has 0 aromatic heterocycles. The van der Waals surface area contributed by atoms with Crippen LogP contribution in [0, 0.1) is 0 Å². The van der Waals surface area contributed by atoms with Crippen molar-refractivity contribution in [3.63, 3.8) is 0 Å². The summed E-state index contributed by atoms with van der Waals surface area (Å²) in [5.74, 6) is -1.11. The first-order valence-corrected chi connectivity index (χ1v) is 7.55. The molecule has 0 spiro atoms. The first-order valence-electron chi connectivity index (χ1n) is 7.55. The van der Waals surface area contributed by atoms with Gasteiger partial charge in [-0.2, -0.15) is 0 Å². The Labute approximate surface area is 140 Å². The van der Waals surface area contributed by atoms with Crippen LogP contribution in [0.1, 0.15) is 5.56 Å². The quantitative estimate of drug-likeness (QED) is 0.807. The van der Waals surface area contributed by atoms with Gasteiger partial charge in [0.15, 0.2) is 0 Å². The van der Waals surface area contributed by atoms with E-state index in [0.29, 0.717) is 0 Å². The number of likely N-dealkylation sites (N-methyl/N-ethyl adjacent to an activating group) is 1. The number of nitrogens with zero attached hydrogens (tertiary/aromatic N) is 1. The number of benzene rings is 2. The highest BCUT2D eigenvalue weighted by Crippen LogP contribution is 2.18. The summed E-state index contributed by atoms with van der Waals surface area (Å²) in [6.07, 6.45) is 0.190. The van der Waals surface area contributed by atoms with Gasteiger partial charge in [-0.3, -0.25) is 14.4 Å². The Morgan fingerprint density at radius 2 is 1.79 bits per heavy atom. The normalized spacial score (nSPS) is 10.2. The standard InChI is InChI=1S/C18H20N2O4/c1-20(12-18(23)24-2)17(22)11-19-16(21)10-14-8-5-7-13-6-3-4-9-15(13)14/h3-9H,10-12H2,1-2H3,(H,19,21). The molecule has 0 atom stereocenters. The van der Waals surface area contributed by atoms with Crippen LogP contribution >= 0.6 is 0 Å². The van der Waals surface area contributed by atoms with E-state index < -0.39 is 5.97 Å². The van der Waals surface area contributed by atoms with Gasteiger partial charge in [0.25, 0.3) is 0 Å². The number of rotatable bonds is 6. The molecular weight excluding hydrogens is 308 g/mol. The van der Waals surface area contributed by atoms with Crippen molar-refractivity contribution >= 4 is 28.6 Å². The molecule has 0 bridgehead atoms. The van der Waals surface area contributed by atoms with Crippen LogP contribution in [-0.4, -0.2) is 49.9 Å². The average Bonchev–Trinajstić information content (AvgIpc) is 2.59. The van der Waals surface area contributed by atoms with Crippen LogP contribution in [0.4, 0.5) is 0 Å². The number of carbonyl (C=O) groups is 3. The number of esters is 1. The van der Waals surface area contributed by atoms with Crippen molar-refractivity contribution in [2.24, 2.45) is 0 Å². The molecule has 6 nitrogen and oxygen atoms in total. The van der Waals surface area contributed by atoms with E-state index in [2.05, 4.69) is 10.1 Å². The van der Waals surface area contributed by atoms with Crippen molar-refractivity contribution in [3.05, 3.63) is 48.0 Å². The Morgan fingerprint density at radius 1 is 1.08 bits per heavy atom. The van der Waals surface area contributed by atoms with Gasteiger partial charge in [0.2, 0.25) is 11.8 Å². The number of methoxy groups -OCH3 is 1. The fraction of sp³-hybridized carbons (Fsp3) is 0.278. The van der Waals surface area contributed by atoms with Crippen LogP contribution in [0.15, 0.2) is 42.5 Å². The highest BCUT2D eigenvalue weighted by Gasteiger charge is 2.14. The minimum absolute atomic E-state index is 0.144. The number of hydrogen-bond donors (Lipinski definition) is 1. The van der Waals surface area contributed by atoms with E-state index in [1.54, 1.807) is 0 Å². The number of nitrogens with one attached hydrogen (secondary N) is 1. The summed E-state index contributed by atoms with van der Waals surface area (Å²) in [6, 6.07) is 13.6. The molecule has 6 heteroatoms. The number of hydrogen-bond acceptors (Lipinski definition) is 4. The lowest BCUT2D eigenvalue weighted by Gasteiger charge is -2.16. The molecule has 2 rings (SSSR count). The number of carbonyl (C=O) groups excluding carboxylic acids is 3. The molecule has 24 heavy (non-hydrogen) atoms. The molecule has 0 aliphatic carbocycles. The molecule has 2 amide bonds. The number of fused-ring (bicyclic) bond motifs is 1. The lowest BCUT2D eigenvalue weighted by Crippen LogP contribution is -2.41. The molecular formula is C18H20N2O4. The van der Waals surface area contributed by atoms with Gasteiger partial charge in [-0.25, -0.2) is 0 Å². The Bertz CT molecular complexity index is 752. The van der Waals surface area contributed by atoms with Gasteiger partial charge in [-0.1, -0.05) is 42.5 Å². The van der Waals surface area contributed by atoms with Gasteiger partial charge in [0.1, 0.15) is 6.54 Å². The van der Waals surface area contributed by atoms with Gasteiger partial charge in [0, 0.05) is 7.05 Å². The third kappa shape index (κ3) is 4.55. The zero-order valence-corrected chi connectivity index (χ0v) is 13.7. The van der Waals surface area contributed by atoms with Gasteiger partial charge < -0.3 is 15.0 Å². The fourth-order valence-electron chi connectivity index (χ4n) is 2.34. The second-order valence-electron chi connectivity index (χ2n) is 5.42. The lowest BCUT2D eigenvalue weighted by molar-refractivity contribution is -0.145. The van der Waals surface area contributed by atoms with Gasteiger partial charge in [-0.15, -0.1) is 0 Å². The average molecular weight is 328 g/mol. The zero-order chi connectivity index (χ0) is 17.5. The first kappa shape index (κ1) is 17.5. The molecule has 0 radical (unpaired) electrons. The van der Waals surface area contributed by atoms with Gasteiger partial charge >= 0.3 is 5.97 Å². The highest BCUT2D eigenvalue weighted by atomic mass is 16.5. The molecule has 2 aromatic carbocycles. The van der Waals surface area contributed by atoms with Crippen molar-refractivity contribution in [2.45, 2.75) is 6.42 Å². The van der Waals surface area contributed by atoms with Crippen LogP contribution in [0.25, 0.3) is 10.8 Å². The monoisotopic (exact) mass is 328 g/mol. The van der Waals surface area contributed by atoms with Gasteiger partial charge in [-0.05, 0) is 16.3 Å². The van der Waals surface area contributed by atoms with Crippen LogP contribution in [0.3, 0.4) is 0 Å². The maximum atomic E-state index is 12.1. The predicted octanol–water partition coefficient (Wildman–Crippen LogP) is 1.13. The van der Waals surface area contributed by atoms with Crippen molar-refractivity contribution in [1.29, 1.82) is 0 Å². The van der Waals surface area contributed by atoms with E-state index in [-0.39, 0.29) is 31.3 Å². The third-order valence-corrected chi connectivity index (χ3v) is 3.69. The first-order chi connectivity index (χ1) is 11.5. The topological polar surface area (TPSA) is 75.7 Å². The fourth-order valence-corrected chi connectivity index (χ4v) is 2.34. The Balaban J connectivity index is 1.91. The summed E-state index contributed by atoms with van der Waals surface area (Å²) in [4.78, 5) is 36.3. The van der Waals surface area contributed by atoms with E-state index in [1.165, 1.54) is 19.1 Å². The summed E-state index contributed by atoms with van der Waals surface area (Å²) < 4.78 is 4.50. The van der Waals surface area contributed by atoms with E-state index in [4.69, 9.17) is 0 Å². The third-order valence-electron chi connectivity index (χ3n) is 3.69. The second kappa shape index (κ2) is 8.10. The molecule has 0 unspecified atom stereocenters. The Morgan fingerprint density at radius 3 is 2.54 bits per heavy atom. The van der Waals surface area contributed by atoms with Crippen LogP contribution in [-0.2, 0) is 25.5 Å². The largest absolute Gasteiger partial charge is 0.468 e. The van der Waals surface area contributed by atoms with Crippen molar-refractivity contribution in [1.82, 2.24) is 10.2 Å². The van der Waals surface area contributed by atoms with Crippen LogP contribution < -0.4 is 5.32 Å². The maximum Gasteiger partial charge on any atom is 0.325 e. The summed E-state index contributed by atoms with van der Waals surface area (Å²) in [7, 11) is 2.74. The molecule has 0 aliphatic rings. The summed E-state index contributed by atoms with van der Waals surface area (Å²) in [5.41, 5.74) is 0.904. The van der Waals surface area contributed by atoms with Crippen molar-refractivity contribution < 1.29 is 19.1 Å². The molecule has 0 heterocycles. The van der Waals surface area contributed by atoms with Crippen LogP contribution in [0.5, 0.6) is 0 Å². The highest BCUT2D eigenvalue weighted by molar-refractivity contribution is 5.92. The minimum atomic E-state index is -0.507. The SMILES string of the molecule is COC(=O)CN(C)C(=O)CNC(=O)Cc1cccc2ccccc12. The molecule has 0 fully saturated rings. The van der Waals surface area contributed by atoms with Crippen molar-refractivity contribution in [3.8, 4) is 0 Å². The molecule has 0 saturated heterocycles. The molecule has 0 saturated carbocycles. The Kier molecular flexibility index (Phi) is 5.89. The predicted molar refractivity (Wildman–Crippen MR) is 90.3 cm³/mol. The second-order valence-corrected chi connectivity index (χ2v) is 5.42. The number of amides is 2. The van der Waals surface area contributed by atoms with Gasteiger partial charge in [0.05, 0.1) is 20.1 Å². The lowest BCUT2D eigenvalue weighted by atomic mass is 10.0. The molecule has 0 aliphatic heterocycles. The maximum absolute atomic E-state index is 12.1. The van der Waals surface area contributed by atoms with E-state index in [9.17, 15) is 14.4 Å². The summed E-state index contributed by atoms with van der Waals surface area (Å²) in [6.45, 7) is -0.300. The smallest absolute Gasteiger partial charge is 0.325 e.